The van der Waals surface area contributed by atoms with Gasteiger partial charge in [0, 0.05) is 23.1 Å². The van der Waals surface area contributed by atoms with Gasteiger partial charge in [-0.2, -0.15) is 0 Å². The molecule has 4 N–H and O–H groups in total. The molecule has 0 radical (unpaired) electrons. The predicted octanol–water partition coefficient (Wildman–Crippen LogP) is 4.12. The molecule has 0 saturated heterocycles. The smallest absolute Gasteiger partial charge is 0.251 e. The molecule has 1 fully saturated rings. The number of nitrogens with one attached hydrogen (secondary N) is 1. The van der Waals surface area contributed by atoms with E-state index >= 15 is 0 Å². The second-order valence-corrected chi connectivity index (χ2v) is 9.79. The van der Waals surface area contributed by atoms with Crippen molar-refractivity contribution < 1.29 is 14.6 Å². The number of aromatic nitrogens is 2. The van der Waals surface area contributed by atoms with Crippen LogP contribution in [0, 0.1) is 0 Å². The highest BCUT2D eigenvalue weighted by Gasteiger charge is 2.31. The van der Waals surface area contributed by atoms with Crippen molar-refractivity contribution in [2.75, 3.05) is 12.3 Å². The molecule has 2 aromatic rings. The summed E-state index contributed by atoms with van der Waals surface area (Å²) in [4.78, 5) is 20.0. The quantitative estimate of drug-likeness (QED) is 0.635. The fourth-order valence-corrected chi connectivity index (χ4v) is 4.35. The molecule has 8 heteroatoms. The van der Waals surface area contributed by atoms with Crippen LogP contribution in [0.4, 0.5) is 5.95 Å². The topological polar surface area (TPSA) is 110 Å². The average molecular weight is 461 g/mol. The Balaban J connectivity index is 0.000000222. The van der Waals surface area contributed by atoms with Crippen molar-refractivity contribution in [1.29, 1.82) is 0 Å². The summed E-state index contributed by atoms with van der Waals surface area (Å²) in [6.07, 6.45) is 5.98. The number of aliphatic hydroxyl groups excluding tert-OH is 1. The molecular weight excluding hydrogens is 428 g/mol. The Morgan fingerprint density at radius 1 is 1.31 bits per heavy atom. The van der Waals surface area contributed by atoms with Crippen LogP contribution in [0.2, 0.25) is 5.02 Å². The summed E-state index contributed by atoms with van der Waals surface area (Å²) in [6.45, 7) is 8.86. The van der Waals surface area contributed by atoms with E-state index in [1.165, 1.54) is 6.20 Å². The number of benzene rings is 1. The van der Waals surface area contributed by atoms with Gasteiger partial charge >= 0.3 is 0 Å². The summed E-state index contributed by atoms with van der Waals surface area (Å²) >= 11 is 6.15. The van der Waals surface area contributed by atoms with Crippen LogP contribution < -0.4 is 11.1 Å². The second kappa shape index (κ2) is 10.1. The summed E-state index contributed by atoms with van der Waals surface area (Å²) in [5.74, 6) is 0.119. The number of halogens is 1. The normalized spacial score (nSPS) is 21.9. The number of hydrogen-bond donors (Lipinski definition) is 3. The molecule has 2 heterocycles. The number of carbonyl (C=O) groups excluding carboxylic acids is 1. The van der Waals surface area contributed by atoms with E-state index in [9.17, 15) is 9.90 Å². The van der Waals surface area contributed by atoms with Gasteiger partial charge in [0.2, 0.25) is 5.95 Å². The first-order chi connectivity index (χ1) is 15.1. The average Bonchev–Trinajstić information content (AvgIpc) is 2.73. The maximum Gasteiger partial charge on any atom is 0.251 e. The lowest BCUT2D eigenvalue weighted by molar-refractivity contribution is -0.0429. The maximum absolute atomic E-state index is 12.0. The molecule has 1 aliphatic heterocycles. The first kappa shape index (κ1) is 24.4. The number of anilines is 1. The molecular formula is C24H33ClN4O3. The molecule has 4 rings (SSSR count). The molecule has 0 bridgehead atoms. The zero-order chi connectivity index (χ0) is 23.5. The Bertz CT molecular complexity index is 962. The van der Waals surface area contributed by atoms with Crippen LogP contribution in [0.15, 0.2) is 24.4 Å². The SMILES string of the molecule is CC(C)OC1CCCC(O)C1.CC1(C)CNC(=O)c2ccc(-c3nc(N)ncc3Cl)cc21. The monoisotopic (exact) mass is 460 g/mol. The number of carbonyl (C=O) groups is 1. The number of amides is 1. The third kappa shape index (κ3) is 5.97. The molecule has 174 valence electrons. The van der Waals surface area contributed by atoms with Gasteiger partial charge in [-0.1, -0.05) is 31.5 Å². The van der Waals surface area contributed by atoms with Crippen LogP contribution >= 0.6 is 11.6 Å². The van der Waals surface area contributed by atoms with E-state index in [0.717, 1.165) is 36.8 Å². The zero-order valence-corrected chi connectivity index (χ0v) is 19.9. The first-order valence-electron chi connectivity index (χ1n) is 11.1. The molecule has 2 aliphatic rings. The van der Waals surface area contributed by atoms with Gasteiger partial charge in [0.05, 0.1) is 35.2 Å². The Hall–Kier alpha value is -2.22. The number of aliphatic hydroxyl groups is 1. The number of fused-ring (bicyclic) bond motifs is 1. The van der Waals surface area contributed by atoms with E-state index in [0.29, 0.717) is 35.0 Å². The molecule has 1 aromatic carbocycles. The second-order valence-electron chi connectivity index (χ2n) is 9.38. The highest BCUT2D eigenvalue weighted by molar-refractivity contribution is 6.32. The van der Waals surface area contributed by atoms with Crippen molar-refractivity contribution in [3.63, 3.8) is 0 Å². The molecule has 1 aliphatic carbocycles. The van der Waals surface area contributed by atoms with E-state index in [2.05, 4.69) is 29.1 Å². The summed E-state index contributed by atoms with van der Waals surface area (Å²) in [5, 5.41) is 12.6. The number of ether oxygens (including phenoxy) is 1. The summed E-state index contributed by atoms with van der Waals surface area (Å²) < 4.78 is 5.60. The molecule has 2 atom stereocenters. The molecule has 7 nitrogen and oxygen atoms in total. The van der Waals surface area contributed by atoms with Crippen LogP contribution in [0.1, 0.15) is 69.3 Å². The number of rotatable bonds is 3. The highest BCUT2D eigenvalue weighted by Crippen LogP contribution is 2.34. The largest absolute Gasteiger partial charge is 0.393 e. The molecule has 0 spiro atoms. The van der Waals surface area contributed by atoms with Gasteiger partial charge in [0.15, 0.2) is 0 Å². The highest BCUT2D eigenvalue weighted by atomic mass is 35.5. The minimum atomic E-state index is -0.149. The number of hydrogen-bond acceptors (Lipinski definition) is 6. The molecule has 32 heavy (non-hydrogen) atoms. The van der Waals surface area contributed by atoms with Crippen molar-refractivity contribution in [3.05, 3.63) is 40.5 Å². The van der Waals surface area contributed by atoms with Gasteiger partial charge in [-0.25, -0.2) is 9.97 Å². The fourth-order valence-electron chi connectivity index (χ4n) is 4.15. The Morgan fingerprint density at radius 3 is 2.75 bits per heavy atom. The van der Waals surface area contributed by atoms with Crippen LogP contribution in [-0.2, 0) is 10.2 Å². The van der Waals surface area contributed by atoms with Gasteiger partial charge in [0.1, 0.15) is 0 Å². The lowest BCUT2D eigenvalue weighted by Crippen LogP contribution is -2.43. The van der Waals surface area contributed by atoms with Crippen molar-refractivity contribution in [2.45, 2.75) is 77.1 Å². The number of nitrogens with zero attached hydrogens (tertiary/aromatic N) is 2. The first-order valence-corrected chi connectivity index (χ1v) is 11.5. The van der Waals surface area contributed by atoms with E-state index < -0.39 is 0 Å². The van der Waals surface area contributed by atoms with Gasteiger partial charge in [-0.3, -0.25) is 4.79 Å². The third-order valence-corrected chi connectivity index (χ3v) is 6.06. The zero-order valence-electron chi connectivity index (χ0n) is 19.2. The lowest BCUT2D eigenvalue weighted by Gasteiger charge is -2.32. The van der Waals surface area contributed by atoms with E-state index in [4.69, 9.17) is 22.1 Å². The standard InChI is InChI=1S/C15H15ClN4O.C9H18O2/c1-15(2)7-19-13(21)9-4-3-8(5-10(9)15)12-11(16)6-18-14(17)20-12;1-7(2)11-9-5-3-4-8(10)6-9/h3-6H,7H2,1-2H3,(H,19,21)(H2,17,18,20);7-10H,3-6H2,1-2H3. The molecule has 1 amide bonds. The summed E-state index contributed by atoms with van der Waals surface area (Å²) in [6, 6.07) is 5.59. The third-order valence-electron chi connectivity index (χ3n) is 5.78. The Morgan fingerprint density at radius 2 is 2.06 bits per heavy atom. The summed E-state index contributed by atoms with van der Waals surface area (Å²) in [7, 11) is 0. The minimum absolute atomic E-state index is 0.0517. The molecule has 1 saturated carbocycles. The van der Waals surface area contributed by atoms with Crippen LogP contribution in [0.5, 0.6) is 0 Å². The van der Waals surface area contributed by atoms with Crippen LogP contribution in [-0.4, -0.2) is 45.8 Å². The lowest BCUT2D eigenvalue weighted by atomic mass is 9.78. The predicted molar refractivity (Wildman–Crippen MR) is 127 cm³/mol. The maximum atomic E-state index is 12.0. The molecule has 1 aromatic heterocycles. The minimum Gasteiger partial charge on any atom is -0.393 e. The van der Waals surface area contributed by atoms with Crippen molar-refractivity contribution >= 4 is 23.5 Å². The van der Waals surface area contributed by atoms with E-state index in [1.807, 2.05) is 26.0 Å². The number of nitrogens with two attached hydrogens (primary N) is 1. The van der Waals surface area contributed by atoms with Gasteiger partial charge < -0.3 is 20.9 Å². The van der Waals surface area contributed by atoms with Crippen LogP contribution in [0.25, 0.3) is 11.3 Å². The van der Waals surface area contributed by atoms with Crippen molar-refractivity contribution in [1.82, 2.24) is 15.3 Å². The van der Waals surface area contributed by atoms with E-state index in [1.54, 1.807) is 6.07 Å². The van der Waals surface area contributed by atoms with Gasteiger partial charge in [-0.05, 0) is 57.2 Å². The Labute approximate surface area is 194 Å². The summed E-state index contributed by atoms with van der Waals surface area (Å²) in [5.41, 5.74) is 8.56. The Kier molecular flexibility index (Phi) is 7.75. The van der Waals surface area contributed by atoms with Gasteiger partial charge in [0.25, 0.3) is 5.91 Å². The van der Waals surface area contributed by atoms with Crippen LogP contribution in [0.3, 0.4) is 0 Å². The van der Waals surface area contributed by atoms with E-state index in [-0.39, 0.29) is 23.4 Å². The van der Waals surface area contributed by atoms with Crippen molar-refractivity contribution in [3.8, 4) is 11.3 Å². The fraction of sp³-hybridized carbons (Fsp3) is 0.542. The van der Waals surface area contributed by atoms with Gasteiger partial charge in [-0.15, -0.1) is 0 Å². The molecule has 2 unspecified atom stereocenters. The number of nitrogen functional groups attached to an aromatic ring is 1. The van der Waals surface area contributed by atoms with Crippen molar-refractivity contribution in [2.24, 2.45) is 0 Å².